The third-order valence-corrected chi connectivity index (χ3v) is 5.17. The van der Waals surface area contributed by atoms with Crippen LogP contribution in [0.3, 0.4) is 0 Å². The van der Waals surface area contributed by atoms with Gasteiger partial charge in [-0.2, -0.15) is 0 Å². The molecule has 8 nitrogen and oxygen atoms in total. The van der Waals surface area contributed by atoms with Crippen molar-refractivity contribution in [2.45, 2.75) is 26.2 Å². The van der Waals surface area contributed by atoms with Crippen molar-refractivity contribution in [1.29, 1.82) is 0 Å². The lowest BCUT2D eigenvalue weighted by atomic mass is 10.1. The van der Waals surface area contributed by atoms with E-state index < -0.39 is 0 Å². The number of anilines is 2. The molecule has 0 saturated heterocycles. The number of rotatable bonds is 6. The van der Waals surface area contributed by atoms with E-state index in [9.17, 15) is 14.4 Å². The van der Waals surface area contributed by atoms with Crippen LogP contribution in [0, 0.1) is 0 Å². The van der Waals surface area contributed by atoms with Crippen LogP contribution in [0.2, 0.25) is 0 Å². The average Bonchev–Trinajstić information content (AvgIpc) is 2.82. The molecule has 1 aromatic heterocycles. The fourth-order valence-electron chi connectivity index (χ4n) is 3.58. The minimum absolute atomic E-state index is 0.0585. The molecule has 0 spiro atoms. The van der Waals surface area contributed by atoms with E-state index in [0.29, 0.717) is 48.1 Å². The van der Waals surface area contributed by atoms with Gasteiger partial charge in [0.2, 0.25) is 11.8 Å². The van der Waals surface area contributed by atoms with E-state index in [-0.39, 0.29) is 30.2 Å². The summed E-state index contributed by atoms with van der Waals surface area (Å²) in [5, 5.41) is 2.82. The molecule has 32 heavy (non-hydrogen) atoms. The zero-order chi connectivity index (χ0) is 22.5. The first-order valence-corrected chi connectivity index (χ1v) is 10.6. The van der Waals surface area contributed by atoms with Gasteiger partial charge in [-0.25, -0.2) is 4.98 Å². The molecule has 0 saturated carbocycles. The summed E-state index contributed by atoms with van der Waals surface area (Å²) in [6.07, 6.45) is 0.797. The summed E-state index contributed by atoms with van der Waals surface area (Å²) in [6.45, 7) is 2.82. The lowest BCUT2D eigenvalue weighted by Gasteiger charge is -2.29. The first-order chi connectivity index (χ1) is 15.5. The summed E-state index contributed by atoms with van der Waals surface area (Å²) in [4.78, 5) is 45.8. The van der Waals surface area contributed by atoms with Crippen LogP contribution in [0.5, 0.6) is 5.75 Å². The molecular weight excluding hydrogens is 408 g/mol. The van der Waals surface area contributed by atoms with E-state index in [1.807, 2.05) is 37.3 Å². The summed E-state index contributed by atoms with van der Waals surface area (Å²) in [7, 11) is 0. The monoisotopic (exact) mass is 432 g/mol. The summed E-state index contributed by atoms with van der Waals surface area (Å²) in [6, 6.07) is 15.9. The Morgan fingerprint density at radius 2 is 1.97 bits per heavy atom. The molecule has 3 aromatic rings. The third-order valence-electron chi connectivity index (χ3n) is 5.17. The average molecular weight is 432 g/mol. The number of nitrogens with one attached hydrogen (secondary N) is 2. The number of aromatic amines is 1. The van der Waals surface area contributed by atoms with Crippen LogP contribution < -0.4 is 20.5 Å². The van der Waals surface area contributed by atoms with Crippen molar-refractivity contribution in [3.05, 3.63) is 70.6 Å². The molecule has 2 heterocycles. The quantitative estimate of drug-likeness (QED) is 0.623. The van der Waals surface area contributed by atoms with E-state index in [1.54, 1.807) is 23.1 Å². The van der Waals surface area contributed by atoms with Crippen molar-refractivity contribution in [2.24, 2.45) is 0 Å². The van der Waals surface area contributed by atoms with Gasteiger partial charge in [-0.05, 0) is 30.7 Å². The fourth-order valence-corrected chi connectivity index (χ4v) is 3.58. The van der Waals surface area contributed by atoms with E-state index >= 15 is 0 Å². The second-order valence-electron chi connectivity index (χ2n) is 7.43. The molecule has 0 radical (unpaired) electrons. The van der Waals surface area contributed by atoms with Crippen LogP contribution in [0.4, 0.5) is 11.4 Å². The number of para-hydroxylation sites is 2. The van der Waals surface area contributed by atoms with Gasteiger partial charge < -0.3 is 19.9 Å². The Morgan fingerprint density at radius 3 is 2.81 bits per heavy atom. The molecule has 4 rings (SSSR count). The maximum absolute atomic E-state index is 12.7. The number of benzene rings is 2. The van der Waals surface area contributed by atoms with Gasteiger partial charge >= 0.3 is 0 Å². The molecule has 0 bridgehead atoms. The zero-order valence-electron chi connectivity index (χ0n) is 17.8. The van der Waals surface area contributed by atoms with Gasteiger partial charge in [0.05, 0.1) is 12.2 Å². The van der Waals surface area contributed by atoms with E-state index in [4.69, 9.17) is 4.74 Å². The number of amides is 2. The van der Waals surface area contributed by atoms with Crippen molar-refractivity contribution in [2.75, 3.05) is 23.4 Å². The Labute approximate surface area is 185 Å². The number of nitrogens with zero attached hydrogens (tertiary/aromatic N) is 2. The summed E-state index contributed by atoms with van der Waals surface area (Å²) >= 11 is 0. The van der Waals surface area contributed by atoms with Crippen molar-refractivity contribution in [1.82, 2.24) is 9.97 Å². The third kappa shape index (κ3) is 4.85. The van der Waals surface area contributed by atoms with Crippen LogP contribution in [0.15, 0.2) is 59.4 Å². The number of carbonyl (C=O) groups is 2. The van der Waals surface area contributed by atoms with Crippen molar-refractivity contribution in [3.63, 3.8) is 0 Å². The van der Waals surface area contributed by atoms with Gasteiger partial charge in [-0.3, -0.25) is 14.4 Å². The number of aryl methyl sites for hydroxylation is 1. The second-order valence-corrected chi connectivity index (χ2v) is 7.43. The number of hydrogen-bond donors (Lipinski definition) is 2. The highest BCUT2D eigenvalue weighted by atomic mass is 16.5. The first-order valence-electron chi connectivity index (χ1n) is 10.6. The Morgan fingerprint density at radius 1 is 1.12 bits per heavy atom. The predicted molar refractivity (Wildman–Crippen MR) is 122 cm³/mol. The maximum atomic E-state index is 12.7. The molecule has 0 aliphatic carbocycles. The second kappa shape index (κ2) is 9.47. The number of hydrogen-bond acceptors (Lipinski definition) is 5. The van der Waals surface area contributed by atoms with E-state index in [2.05, 4.69) is 15.3 Å². The molecule has 0 unspecified atom stereocenters. The molecule has 2 amide bonds. The first kappa shape index (κ1) is 21.3. The maximum Gasteiger partial charge on any atom is 0.251 e. The zero-order valence-corrected chi connectivity index (χ0v) is 17.8. The van der Waals surface area contributed by atoms with E-state index in [1.165, 1.54) is 6.07 Å². The topological polar surface area (TPSA) is 104 Å². The largest absolute Gasteiger partial charge is 0.490 e. The lowest BCUT2D eigenvalue weighted by Crippen LogP contribution is -2.38. The van der Waals surface area contributed by atoms with Gasteiger partial charge in [-0.15, -0.1) is 0 Å². The van der Waals surface area contributed by atoms with Crippen LogP contribution in [0.25, 0.3) is 11.4 Å². The molecule has 2 aromatic carbocycles. The Kier molecular flexibility index (Phi) is 6.30. The van der Waals surface area contributed by atoms with Crippen LogP contribution >= 0.6 is 0 Å². The number of ether oxygens (including phenoxy) is 1. The van der Waals surface area contributed by atoms with Gasteiger partial charge in [0.1, 0.15) is 18.2 Å². The van der Waals surface area contributed by atoms with E-state index in [0.717, 1.165) is 5.69 Å². The Bertz CT molecular complexity index is 1200. The minimum atomic E-state index is -0.263. The van der Waals surface area contributed by atoms with Crippen molar-refractivity contribution in [3.8, 4) is 17.1 Å². The summed E-state index contributed by atoms with van der Waals surface area (Å²) in [5.41, 5.74) is 2.47. The number of fused-ring (bicyclic) bond motifs is 1. The highest BCUT2D eigenvalue weighted by molar-refractivity contribution is 5.99. The molecule has 0 fully saturated rings. The van der Waals surface area contributed by atoms with Crippen LogP contribution in [-0.2, 0) is 16.0 Å². The van der Waals surface area contributed by atoms with Crippen LogP contribution in [-0.4, -0.2) is 34.9 Å². The van der Waals surface area contributed by atoms with Crippen LogP contribution in [0.1, 0.15) is 25.5 Å². The summed E-state index contributed by atoms with van der Waals surface area (Å²) < 4.78 is 5.58. The number of aromatic nitrogens is 2. The highest BCUT2D eigenvalue weighted by Crippen LogP contribution is 2.31. The molecule has 1 aliphatic heterocycles. The lowest BCUT2D eigenvalue weighted by molar-refractivity contribution is -0.122. The van der Waals surface area contributed by atoms with Crippen molar-refractivity contribution < 1.29 is 14.3 Å². The van der Waals surface area contributed by atoms with Gasteiger partial charge in [-0.1, -0.05) is 31.2 Å². The predicted octanol–water partition coefficient (Wildman–Crippen LogP) is 3.14. The van der Waals surface area contributed by atoms with Crippen molar-refractivity contribution >= 4 is 23.2 Å². The molecule has 0 atom stereocenters. The molecule has 8 heteroatoms. The molecule has 2 N–H and O–H groups in total. The minimum Gasteiger partial charge on any atom is -0.490 e. The van der Waals surface area contributed by atoms with Gasteiger partial charge in [0.15, 0.2) is 0 Å². The fraction of sp³-hybridized carbons (Fsp3) is 0.250. The smallest absolute Gasteiger partial charge is 0.251 e. The van der Waals surface area contributed by atoms with Gasteiger partial charge in [0, 0.05) is 35.9 Å². The van der Waals surface area contributed by atoms with Gasteiger partial charge in [0.25, 0.3) is 5.56 Å². The standard InChI is InChI=1S/C24H24N4O4/c1-2-17-15-22(30)27-24(26-17)16-6-5-7-18(14-16)25-21(29)10-11-23(31)28-12-13-32-20-9-4-3-8-19(20)28/h3-9,14-15H,2,10-13H2,1H3,(H,25,29)(H,26,27,30). The molecular formula is C24H24N4O4. The number of carbonyl (C=O) groups excluding carboxylic acids is 2. The number of H-pyrrole nitrogens is 1. The normalized spacial score (nSPS) is 12.6. The SMILES string of the molecule is CCc1cc(=O)[nH]c(-c2cccc(NC(=O)CCC(=O)N3CCOc4ccccc43)c2)n1. The molecule has 164 valence electrons. The molecule has 1 aliphatic rings. The Hall–Kier alpha value is -3.94. The summed E-state index contributed by atoms with van der Waals surface area (Å²) in [5.74, 6) is 0.738. The Balaban J connectivity index is 1.39. The highest BCUT2D eigenvalue weighted by Gasteiger charge is 2.23.